The number of hydrogen-bond donors (Lipinski definition) is 0. The van der Waals surface area contributed by atoms with E-state index in [4.69, 9.17) is 9.47 Å². The maximum Gasteiger partial charge on any atom is 0.305 e. The average molecular weight is 413 g/mol. The van der Waals surface area contributed by atoms with Crippen molar-refractivity contribution in [3.05, 3.63) is 0 Å². The zero-order valence-corrected chi connectivity index (χ0v) is 20.2. The summed E-state index contributed by atoms with van der Waals surface area (Å²) < 4.78 is 11.3. The minimum atomic E-state index is -0.253. The molecule has 0 rings (SSSR count). The molecule has 0 N–H and O–H groups in total. The summed E-state index contributed by atoms with van der Waals surface area (Å²) in [6.45, 7) is 13.8. The van der Waals surface area contributed by atoms with E-state index in [1.165, 1.54) is 0 Å². The van der Waals surface area contributed by atoms with Crippen LogP contribution in [0.4, 0.5) is 0 Å². The summed E-state index contributed by atoms with van der Waals surface area (Å²) in [4.78, 5) is 24.3. The van der Waals surface area contributed by atoms with E-state index < -0.39 is 0 Å². The lowest BCUT2D eigenvalue weighted by atomic mass is 9.81. The Morgan fingerprint density at radius 3 is 1.52 bits per heavy atom. The fourth-order valence-corrected chi connectivity index (χ4v) is 3.37. The highest BCUT2D eigenvalue weighted by Gasteiger charge is 2.31. The van der Waals surface area contributed by atoms with Crippen molar-refractivity contribution in [1.29, 1.82) is 0 Å². The summed E-state index contributed by atoms with van der Waals surface area (Å²) in [5.74, 6) is 1.10. The van der Waals surface area contributed by atoms with Crippen molar-refractivity contribution in [2.24, 2.45) is 17.3 Å². The van der Waals surface area contributed by atoms with E-state index in [-0.39, 0.29) is 17.4 Å². The van der Waals surface area contributed by atoms with Gasteiger partial charge in [-0.3, -0.25) is 9.59 Å². The van der Waals surface area contributed by atoms with Crippen molar-refractivity contribution in [1.82, 2.24) is 0 Å². The molecule has 0 aliphatic carbocycles. The molecule has 0 aliphatic rings. The Labute approximate surface area is 180 Å². The highest BCUT2D eigenvalue weighted by Crippen LogP contribution is 2.30. The second-order valence-electron chi connectivity index (χ2n) is 9.56. The van der Waals surface area contributed by atoms with Crippen LogP contribution >= 0.6 is 0 Å². The molecule has 0 saturated heterocycles. The quantitative estimate of drug-likeness (QED) is 0.178. The van der Waals surface area contributed by atoms with E-state index in [2.05, 4.69) is 41.5 Å². The Hall–Kier alpha value is -1.06. The van der Waals surface area contributed by atoms with Gasteiger partial charge in [0.1, 0.15) is 13.2 Å². The summed E-state index contributed by atoms with van der Waals surface area (Å²) in [6.07, 6.45) is 11.0. The summed E-state index contributed by atoms with van der Waals surface area (Å²) >= 11 is 0. The van der Waals surface area contributed by atoms with Crippen molar-refractivity contribution >= 4 is 11.9 Å². The zero-order chi connectivity index (χ0) is 22.1. The van der Waals surface area contributed by atoms with Crippen LogP contribution in [0.3, 0.4) is 0 Å². The number of ether oxygens (including phenoxy) is 2. The first kappa shape index (κ1) is 27.9. The number of unbranched alkanes of at least 4 members (excludes halogenated alkanes) is 3. The fraction of sp³-hybridized carbons (Fsp3) is 0.920. The van der Waals surface area contributed by atoms with Crippen LogP contribution < -0.4 is 0 Å². The average Bonchev–Trinajstić information content (AvgIpc) is 2.68. The minimum Gasteiger partial charge on any atom is -0.465 e. The van der Waals surface area contributed by atoms with Crippen LogP contribution in [-0.2, 0) is 19.1 Å². The topological polar surface area (TPSA) is 52.6 Å². The van der Waals surface area contributed by atoms with Crippen LogP contribution in [0.1, 0.15) is 119 Å². The van der Waals surface area contributed by atoms with E-state index in [1.807, 2.05) is 0 Å². The molecule has 0 aliphatic heterocycles. The molecule has 4 heteroatoms. The number of rotatable bonds is 18. The van der Waals surface area contributed by atoms with Crippen LogP contribution in [0, 0.1) is 17.3 Å². The van der Waals surface area contributed by atoms with E-state index in [1.54, 1.807) is 0 Å². The molecule has 0 aromatic heterocycles. The molecule has 4 nitrogen and oxygen atoms in total. The SMILES string of the molecule is CCCCC(CC)(COC(=O)CCCCC(C)C)COC(=O)CCCCC(C)C. The Bertz CT molecular complexity index is 397. The van der Waals surface area contributed by atoms with Crippen molar-refractivity contribution in [3.8, 4) is 0 Å². The van der Waals surface area contributed by atoms with E-state index >= 15 is 0 Å². The third kappa shape index (κ3) is 15.4. The first-order valence-corrected chi connectivity index (χ1v) is 12.1. The fourth-order valence-electron chi connectivity index (χ4n) is 3.37. The third-order valence-corrected chi connectivity index (χ3v) is 5.71. The molecule has 0 fully saturated rings. The smallest absolute Gasteiger partial charge is 0.305 e. The van der Waals surface area contributed by atoms with Gasteiger partial charge in [-0.15, -0.1) is 0 Å². The summed E-state index contributed by atoms with van der Waals surface area (Å²) in [5, 5.41) is 0. The van der Waals surface area contributed by atoms with Crippen molar-refractivity contribution in [2.45, 2.75) is 119 Å². The molecular formula is C25H48O4. The van der Waals surface area contributed by atoms with Gasteiger partial charge in [0.2, 0.25) is 0 Å². The lowest BCUT2D eigenvalue weighted by Gasteiger charge is -2.31. The molecule has 0 radical (unpaired) electrons. The summed E-state index contributed by atoms with van der Waals surface area (Å²) in [6, 6.07) is 0. The van der Waals surface area contributed by atoms with Crippen molar-refractivity contribution in [2.75, 3.05) is 13.2 Å². The standard InChI is InChI=1S/C25H48O4/c1-7-9-18-25(8-2,19-28-23(26)16-12-10-14-21(3)4)20-29-24(27)17-13-11-15-22(5)6/h21-22H,7-20H2,1-6H3. The Morgan fingerprint density at radius 1 is 0.724 bits per heavy atom. The number of esters is 2. The molecule has 29 heavy (non-hydrogen) atoms. The van der Waals surface area contributed by atoms with Gasteiger partial charge in [0, 0.05) is 18.3 Å². The molecule has 0 aromatic rings. The maximum atomic E-state index is 12.2. The first-order valence-electron chi connectivity index (χ1n) is 12.1. The van der Waals surface area contributed by atoms with Gasteiger partial charge in [0.15, 0.2) is 0 Å². The van der Waals surface area contributed by atoms with Gasteiger partial charge in [-0.2, -0.15) is 0 Å². The molecule has 172 valence electrons. The Balaban J connectivity index is 4.44. The van der Waals surface area contributed by atoms with Gasteiger partial charge >= 0.3 is 11.9 Å². The molecular weight excluding hydrogens is 364 g/mol. The van der Waals surface area contributed by atoms with Gasteiger partial charge in [0.05, 0.1) is 0 Å². The lowest BCUT2D eigenvalue weighted by Crippen LogP contribution is -2.34. The maximum absolute atomic E-state index is 12.2. The van der Waals surface area contributed by atoms with Crippen molar-refractivity contribution in [3.63, 3.8) is 0 Å². The van der Waals surface area contributed by atoms with Gasteiger partial charge in [-0.1, -0.05) is 80.1 Å². The molecule has 0 spiro atoms. The predicted octanol–water partition coefficient (Wildman–Crippen LogP) is 7.09. The molecule has 0 atom stereocenters. The monoisotopic (exact) mass is 412 g/mol. The van der Waals surface area contributed by atoms with Crippen LogP contribution in [0.2, 0.25) is 0 Å². The Kier molecular flexibility index (Phi) is 16.1. The first-order chi connectivity index (χ1) is 13.7. The van der Waals surface area contributed by atoms with E-state index in [0.717, 1.165) is 64.2 Å². The normalized spacial score (nSPS) is 11.9. The highest BCUT2D eigenvalue weighted by atomic mass is 16.5. The molecule has 0 heterocycles. The molecule has 0 unspecified atom stereocenters. The number of carbonyl (C=O) groups is 2. The van der Waals surface area contributed by atoms with Crippen LogP contribution in [-0.4, -0.2) is 25.2 Å². The van der Waals surface area contributed by atoms with Gasteiger partial charge in [0.25, 0.3) is 0 Å². The molecule has 0 amide bonds. The van der Waals surface area contributed by atoms with Gasteiger partial charge in [-0.25, -0.2) is 0 Å². The van der Waals surface area contributed by atoms with E-state index in [0.29, 0.717) is 37.9 Å². The van der Waals surface area contributed by atoms with Crippen molar-refractivity contribution < 1.29 is 19.1 Å². The summed E-state index contributed by atoms with van der Waals surface area (Å²) in [7, 11) is 0. The van der Waals surface area contributed by atoms with Crippen LogP contribution in [0.25, 0.3) is 0 Å². The van der Waals surface area contributed by atoms with Crippen LogP contribution in [0.15, 0.2) is 0 Å². The molecule has 0 aromatic carbocycles. The van der Waals surface area contributed by atoms with E-state index in [9.17, 15) is 9.59 Å². The van der Waals surface area contributed by atoms with Gasteiger partial charge in [-0.05, 0) is 37.5 Å². The third-order valence-electron chi connectivity index (χ3n) is 5.71. The highest BCUT2D eigenvalue weighted by molar-refractivity contribution is 5.69. The number of carbonyl (C=O) groups excluding carboxylic acids is 2. The predicted molar refractivity (Wildman–Crippen MR) is 121 cm³/mol. The Morgan fingerprint density at radius 2 is 1.17 bits per heavy atom. The van der Waals surface area contributed by atoms with Crippen LogP contribution in [0.5, 0.6) is 0 Å². The number of hydrogen-bond acceptors (Lipinski definition) is 4. The lowest BCUT2D eigenvalue weighted by molar-refractivity contribution is -0.155. The zero-order valence-electron chi connectivity index (χ0n) is 20.2. The van der Waals surface area contributed by atoms with Gasteiger partial charge < -0.3 is 9.47 Å². The molecule has 0 bridgehead atoms. The second-order valence-corrected chi connectivity index (χ2v) is 9.56. The summed E-state index contributed by atoms with van der Waals surface area (Å²) in [5.41, 5.74) is -0.253. The second kappa shape index (κ2) is 16.7. The largest absolute Gasteiger partial charge is 0.465 e. The minimum absolute atomic E-state index is 0.122. The molecule has 0 saturated carbocycles.